The van der Waals surface area contributed by atoms with E-state index in [1.54, 1.807) is 18.0 Å². The number of methoxy groups -OCH3 is 1. The number of esters is 1. The normalized spacial score (nSPS) is 28.0. The van der Waals surface area contributed by atoms with Gasteiger partial charge in [0.15, 0.2) is 0 Å². The lowest BCUT2D eigenvalue weighted by molar-refractivity contribution is -0.146. The van der Waals surface area contributed by atoms with Crippen molar-refractivity contribution in [2.24, 2.45) is 5.73 Å². The summed E-state index contributed by atoms with van der Waals surface area (Å²) in [6, 6.07) is 1.86. The highest BCUT2D eigenvalue weighted by Crippen LogP contribution is 2.38. The van der Waals surface area contributed by atoms with Crippen molar-refractivity contribution in [1.29, 1.82) is 0 Å². The summed E-state index contributed by atoms with van der Waals surface area (Å²) >= 11 is 1.64. The number of rotatable bonds is 3. The van der Waals surface area contributed by atoms with Crippen LogP contribution in [-0.4, -0.2) is 33.8 Å². The minimum Gasteiger partial charge on any atom is -0.468 e. The van der Waals surface area contributed by atoms with E-state index >= 15 is 0 Å². The van der Waals surface area contributed by atoms with E-state index in [4.69, 9.17) is 10.5 Å². The summed E-state index contributed by atoms with van der Waals surface area (Å²) in [4.78, 5) is 19.6. The van der Waals surface area contributed by atoms with Crippen LogP contribution in [-0.2, 0) is 9.53 Å². The Hall–Kier alpha value is -1.14. The molecule has 0 amide bonds. The van der Waals surface area contributed by atoms with Crippen molar-refractivity contribution in [2.75, 3.05) is 7.11 Å². The largest absolute Gasteiger partial charge is 0.468 e. The molecule has 0 aliphatic heterocycles. The lowest BCUT2D eigenvalue weighted by atomic mass is 10.00. The van der Waals surface area contributed by atoms with Crippen molar-refractivity contribution in [3.8, 4) is 0 Å². The number of carbonyl (C=O) groups is 1. The maximum absolute atomic E-state index is 11.6. The average molecular weight is 253 g/mol. The number of ether oxygens (including phenoxy) is 1. The molecule has 1 aliphatic rings. The van der Waals surface area contributed by atoms with Gasteiger partial charge in [-0.15, -0.1) is 11.8 Å². The first-order valence-electron chi connectivity index (χ1n) is 5.44. The summed E-state index contributed by atoms with van der Waals surface area (Å²) in [5.74, 6) is -0.316. The molecule has 1 aromatic heterocycles. The molecule has 2 atom stereocenters. The van der Waals surface area contributed by atoms with Gasteiger partial charge in [0.2, 0.25) is 0 Å². The topological polar surface area (TPSA) is 78.1 Å². The Morgan fingerprint density at radius 2 is 2.53 bits per heavy atom. The van der Waals surface area contributed by atoms with E-state index in [1.807, 2.05) is 6.07 Å². The highest BCUT2D eigenvalue weighted by atomic mass is 32.2. The van der Waals surface area contributed by atoms with Gasteiger partial charge in [-0.25, -0.2) is 9.97 Å². The van der Waals surface area contributed by atoms with E-state index < -0.39 is 5.54 Å². The van der Waals surface area contributed by atoms with E-state index in [0.29, 0.717) is 18.1 Å². The van der Waals surface area contributed by atoms with E-state index in [0.717, 1.165) is 11.4 Å². The van der Waals surface area contributed by atoms with Crippen LogP contribution in [0.2, 0.25) is 0 Å². The second-order valence-electron chi connectivity index (χ2n) is 4.18. The number of nitrogens with two attached hydrogens (primary N) is 1. The first-order chi connectivity index (χ1) is 8.14. The van der Waals surface area contributed by atoms with Crippen molar-refractivity contribution >= 4 is 17.7 Å². The fraction of sp³-hybridized carbons (Fsp3) is 0.545. The van der Waals surface area contributed by atoms with Gasteiger partial charge >= 0.3 is 5.97 Å². The first-order valence-corrected chi connectivity index (χ1v) is 6.32. The molecule has 1 fully saturated rings. The van der Waals surface area contributed by atoms with Gasteiger partial charge in [-0.05, 0) is 25.3 Å². The van der Waals surface area contributed by atoms with Gasteiger partial charge in [0.05, 0.1) is 12.1 Å². The Kier molecular flexibility index (Phi) is 3.63. The van der Waals surface area contributed by atoms with Crippen LogP contribution >= 0.6 is 11.8 Å². The zero-order valence-corrected chi connectivity index (χ0v) is 10.4. The SMILES string of the molecule is COC(=O)C1(N)CCC(Sc2ccncn2)C1. The lowest BCUT2D eigenvalue weighted by Gasteiger charge is -2.20. The first kappa shape index (κ1) is 12.3. The molecule has 0 aromatic carbocycles. The van der Waals surface area contributed by atoms with Crippen LogP contribution in [0.25, 0.3) is 0 Å². The second kappa shape index (κ2) is 5.01. The van der Waals surface area contributed by atoms with Crippen LogP contribution in [0.5, 0.6) is 0 Å². The van der Waals surface area contributed by atoms with Crippen LogP contribution in [0.1, 0.15) is 19.3 Å². The summed E-state index contributed by atoms with van der Waals surface area (Å²) in [5.41, 5.74) is 5.22. The summed E-state index contributed by atoms with van der Waals surface area (Å²) in [6.45, 7) is 0. The zero-order valence-electron chi connectivity index (χ0n) is 9.63. The third-order valence-electron chi connectivity index (χ3n) is 2.94. The Morgan fingerprint density at radius 3 is 3.18 bits per heavy atom. The molecule has 1 heterocycles. The lowest BCUT2D eigenvalue weighted by Crippen LogP contribution is -2.46. The van der Waals surface area contributed by atoms with Crippen LogP contribution < -0.4 is 5.73 Å². The monoisotopic (exact) mass is 253 g/mol. The predicted octanol–water partition coefficient (Wildman–Crippen LogP) is 0.992. The van der Waals surface area contributed by atoms with Crippen LogP contribution in [0, 0.1) is 0 Å². The average Bonchev–Trinajstić information content (AvgIpc) is 2.72. The second-order valence-corrected chi connectivity index (χ2v) is 5.50. The van der Waals surface area contributed by atoms with Crippen molar-refractivity contribution < 1.29 is 9.53 Å². The Morgan fingerprint density at radius 1 is 1.71 bits per heavy atom. The number of carbonyl (C=O) groups excluding carboxylic acids is 1. The van der Waals surface area contributed by atoms with Gasteiger partial charge in [-0.3, -0.25) is 4.79 Å². The van der Waals surface area contributed by atoms with Gasteiger partial charge in [0.25, 0.3) is 0 Å². The molecule has 1 aliphatic carbocycles. The van der Waals surface area contributed by atoms with Crippen molar-refractivity contribution in [3.63, 3.8) is 0 Å². The summed E-state index contributed by atoms with van der Waals surface area (Å²) in [6.07, 6.45) is 5.44. The molecule has 0 bridgehead atoms. The Labute approximate surface area is 104 Å². The molecule has 2 rings (SSSR count). The molecule has 2 unspecified atom stereocenters. The fourth-order valence-electron chi connectivity index (χ4n) is 2.04. The van der Waals surface area contributed by atoms with Crippen molar-refractivity contribution in [3.05, 3.63) is 18.6 Å². The number of aromatic nitrogens is 2. The van der Waals surface area contributed by atoms with Gasteiger partial charge < -0.3 is 10.5 Å². The van der Waals surface area contributed by atoms with Gasteiger partial charge in [0.1, 0.15) is 11.9 Å². The zero-order chi connectivity index (χ0) is 12.3. The number of nitrogens with zero attached hydrogens (tertiary/aromatic N) is 2. The molecule has 0 saturated heterocycles. The highest BCUT2D eigenvalue weighted by molar-refractivity contribution is 7.99. The third kappa shape index (κ3) is 2.76. The number of hydrogen-bond acceptors (Lipinski definition) is 6. The standard InChI is InChI=1S/C11H15N3O2S/c1-16-10(15)11(12)4-2-8(6-11)17-9-3-5-13-7-14-9/h3,5,7-8H,2,4,6,12H2,1H3. The molecule has 17 heavy (non-hydrogen) atoms. The molecule has 0 radical (unpaired) electrons. The van der Waals surface area contributed by atoms with Crippen LogP contribution in [0.4, 0.5) is 0 Å². The van der Waals surface area contributed by atoms with Crippen molar-refractivity contribution in [1.82, 2.24) is 9.97 Å². The van der Waals surface area contributed by atoms with E-state index in [2.05, 4.69) is 9.97 Å². The smallest absolute Gasteiger partial charge is 0.325 e. The number of thioether (sulfide) groups is 1. The molecule has 0 spiro atoms. The predicted molar refractivity (Wildman–Crippen MR) is 64.5 cm³/mol. The minimum atomic E-state index is -0.820. The summed E-state index contributed by atoms with van der Waals surface area (Å²) < 4.78 is 4.74. The summed E-state index contributed by atoms with van der Waals surface area (Å²) in [7, 11) is 1.38. The van der Waals surface area contributed by atoms with E-state index in [9.17, 15) is 4.79 Å². The van der Waals surface area contributed by atoms with Crippen LogP contribution in [0.3, 0.4) is 0 Å². The van der Waals surface area contributed by atoms with Gasteiger partial charge in [0, 0.05) is 11.4 Å². The highest BCUT2D eigenvalue weighted by Gasteiger charge is 2.43. The maximum atomic E-state index is 11.6. The number of hydrogen-bond donors (Lipinski definition) is 1. The molecule has 5 nitrogen and oxygen atoms in total. The molecule has 1 aromatic rings. The molecule has 1 saturated carbocycles. The van der Waals surface area contributed by atoms with Gasteiger partial charge in [-0.2, -0.15) is 0 Å². The summed E-state index contributed by atoms with van der Waals surface area (Å²) in [5, 5.41) is 1.23. The van der Waals surface area contributed by atoms with Gasteiger partial charge in [-0.1, -0.05) is 0 Å². The van der Waals surface area contributed by atoms with Crippen molar-refractivity contribution in [2.45, 2.75) is 35.1 Å². The third-order valence-corrected chi connectivity index (χ3v) is 4.16. The van der Waals surface area contributed by atoms with Crippen LogP contribution in [0.15, 0.2) is 23.6 Å². The van der Waals surface area contributed by atoms with E-state index in [-0.39, 0.29) is 5.97 Å². The maximum Gasteiger partial charge on any atom is 0.325 e. The fourth-order valence-corrected chi connectivity index (χ4v) is 3.24. The molecule has 92 valence electrons. The molecular formula is C11H15N3O2S. The minimum absolute atomic E-state index is 0.314. The molecular weight excluding hydrogens is 238 g/mol. The Bertz CT molecular complexity index is 401. The Balaban J connectivity index is 1.97. The quantitative estimate of drug-likeness (QED) is 0.639. The van der Waals surface area contributed by atoms with E-state index in [1.165, 1.54) is 13.4 Å². The molecule has 2 N–H and O–H groups in total. The molecule has 6 heteroatoms.